The number of benzene rings is 1. The van der Waals surface area contributed by atoms with Crippen molar-refractivity contribution in [1.29, 1.82) is 0 Å². The van der Waals surface area contributed by atoms with Gasteiger partial charge >= 0.3 is 0 Å². The van der Waals surface area contributed by atoms with Gasteiger partial charge in [0, 0.05) is 55.5 Å². The molecule has 1 amide bonds. The van der Waals surface area contributed by atoms with Crippen LogP contribution in [0.5, 0.6) is 0 Å². The first kappa shape index (κ1) is 17.9. The van der Waals surface area contributed by atoms with Gasteiger partial charge in [0.2, 0.25) is 0 Å². The van der Waals surface area contributed by atoms with Crippen molar-refractivity contribution in [2.24, 2.45) is 11.8 Å². The van der Waals surface area contributed by atoms with E-state index in [9.17, 15) is 4.79 Å². The first-order valence-electron chi connectivity index (χ1n) is 10.3. The number of imidazole rings is 1. The van der Waals surface area contributed by atoms with E-state index in [4.69, 9.17) is 4.74 Å². The normalized spacial score (nSPS) is 31.3. The number of nitrogens with one attached hydrogen (secondary N) is 2. The standard InChI is InChI=1S/C22H28N4O2/c1-14-3-4-16(7-15(14)2)21(27)24-9-18-19-11-26(10-17-8-23-13-25-17)12-22(19)6-5-20(18)28-22/h3-4,7-8,13,18-20H,5-6,9-12H2,1-2H3,(H,23,25)(H,24,27)/t18-,19+,20+,22+/m0/s1. The maximum Gasteiger partial charge on any atom is 0.251 e. The summed E-state index contributed by atoms with van der Waals surface area (Å²) in [7, 11) is 0. The summed E-state index contributed by atoms with van der Waals surface area (Å²) in [5.74, 6) is 0.914. The van der Waals surface area contributed by atoms with E-state index in [2.05, 4.69) is 27.1 Å². The van der Waals surface area contributed by atoms with Gasteiger partial charge in [-0.2, -0.15) is 0 Å². The molecule has 0 unspecified atom stereocenters. The molecule has 0 saturated carbocycles. The first-order valence-corrected chi connectivity index (χ1v) is 10.3. The molecule has 28 heavy (non-hydrogen) atoms. The number of nitrogens with zero attached hydrogens (tertiary/aromatic N) is 2. The number of likely N-dealkylation sites (tertiary alicyclic amines) is 1. The number of ether oxygens (including phenoxy) is 1. The van der Waals surface area contributed by atoms with Crippen molar-refractivity contribution in [3.8, 4) is 0 Å². The molecule has 3 saturated heterocycles. The molecular weight excluding hydrogens is 352 g/mol. The predicted molar refractivity (Wildman–Crippen MR) is 106 cm³/mol. The number of carbonyl (C=O) groups excluding carboxylic acids is 1. The van der Waals surface area contributed by atoms with Crippen LogP contribution in [-0.2, 0) is 11.3 Å². The van der Waals surface area contributed by atoms with Crippen LogP contribution in [-0.4, -0.2) is 52.1 Å². The minimum atomic E-state index is -0.0134. The molecule has 6 heteroatoms. The van der Waals surface area contributed by atoms with Crippen LogP contribution in [0.2, 0.25) is 0 Å². The minimum Gasteiger partial charge on any atom is -0.370 e. The third kappa shape index (κ3) is 2.95. The lowest BCUT2D eigenvalue weighted by molar-refractivity contribution is 0.00204. The van der Waals surface area contributed by atoms with E-state index in [1.54, 1.807) is 6.33 Å². The average Bonchev–Trinajstić information content (AvgIpc) is 3.43. The molecule has 3 aliphatic rings. The average molecular weight is 380 g/mol. The van der Waals surface area contributed by atoms with Gasteiger partial charge in [0.05, 0.1) is 18.0 Å². The van der Waals surface area contributed by atoms with Crippen LogP contribution in [0.3, 0.4) is 0 Å². The van der Waals surface area contributed by atoms with Gasteiger partial charge in [0.25, 0.3) is 5.91 Å². The van der Waals surface area contributed by atoms with Gasteiger partial charge in [-0.05, 0) is 49.9 Å². The summed E-state index contributed by atoms with van der Waals surface area (Å²) in [5.41, 5.74) is 4.24. The molecule has 148 valence electrons. The summed E-state index contributed by atoms with van der Waals surface area (Å²) in [4.78, 5) is 22.5. The number of hydrogen-bond donors (Lipinski definition) is 2. The molecule has 1 aromatic carbocycles. The number of aromatic amines is 1. The monoisotopic (exact) mass is 380 g/mol. The Morgan fingerprint density at radius 2 is 2.29 bits per heavy atom. The number of fused-ring (bicyclic) bond motifs is 1. The number of aromatic nitrogens is 2. The highest BCUT2D eigenvalue weighted by molar-refractivity contribution is 5.94. The van der Waals surface area contributed by atoms with Gasteiger partial charge < -0.3 is 15.0 Å². The molecule has 2 aromatic rings. The maximum atomic E-state index is 12.7. The van der Waals surface area contributed by atoms with Gasteiger partial charge in [-0.15, -0.1) is 0 Å². The van der Waals surface area contributed by atoms with Crippen molar-refractivity contribution in [3.05, 3.63) is 53.1 Å². The van der Waals surface area contributed by atoms with Crippen LogP contribution in [0.15, 0.2) is 30.7 Å². The van der Waals surface area contributed by atoms with Gasteiger partial charge in [0.15, 0.2) is 0 Å². The van der Waals surface area contributed by atoms with E-state index in [1.165, 1.54) is 5.56 Å². The molecule has 4 atom stereocenters. The number of aryl methyl sites for hydroxylation is 2. The Kier molecular flexibility index (Phi) is 4.29. The fraction of sp³-hybridized carbons (Fsp3) is 0.545. The zero-order chi connectivity index (χ0) is 19.3. The van der Waals surface area contributed by atoms with E-state index in [-0.39, 0.29) is 11.5 Å². The Morgan fingerprint density at radius 3 is 3.07 bits per heavy atom. The lowest BCUT2D eigenvalue weighted by Crippen LogP contribution is -2.41. The number of H-pyrrole nitrogens is 1. The molecule has 1 spiro atoms. The summed E-state index contributed by atoms with van der Waals surface area (Å²) >= 11 is 0. The Bertz CT molecular complexity index is 881. The molecule has 1 aromatic heterocycles. The number of rotatable bonds is 5. The quantitative estimate of drug-likeness (QED) is 0.836. The van der Waals surface area contributed by atoms with Gasteiger partial charge in [-0.25, -0.2) is 4.98 Å². The zero-order valence-electron chi connectivity index (χ0n) is 16.6. The molecule has 2 bridgehead atoms. The summed E-state index contributed by atoms with van der Waals surface area (Å²) in [5, 5.41) is 3.19. The lowest BCUT2D eigenvalue weighted by atomic mass is 9.73. The fourth-order valence-corrected chi connectivity index (χ4v) is 5.49. The molecular formula is C22H28N4O2. The van der Waals surface area contributed by atoms with Crippen molar-refractivity contribution < 1.29 is 9.53 Å². The number of carbonyl (C=O) groups is 1. The van der Waals surface area contributed by atoms with Gasteiger partial charge in [-0.1, -0.05) is 6.07 Å². The second-order valence-corrected chi connectivity index (χ2v) is 8.79. The summed E-state index contributed by atoms with van der Waals surface area (Å²) in [6.07, 6.45) is 6.17. The van der Waals surface area contributed by atoms with Crippen molar-refractivity contribution in [3.63, 3.8) is 0 Å². The Hall–Kier alpha value is -2.18. The van der Waals surface area contributed by atoms with Crippen LogP contribution in [0, 0.1) is 25.7 Å². The molecule has 3 fully saturated rings. The lowest BCUT2D eigenvalue weighted by Gasteiger charge is -2.29. The Balaban J connectivity index is 1.25. The smallest absolute Gasteiger partial charge is 0.251 e. The molecule has 3 aliphatic heterocycles. The second-order valence-electron chi connectivity index (χ2n) is 8.79. The second kappa shape index (κ2) is 6.71. The molecule has 4 heterocycles. The summed E-state index contributed by atoms with van der Waals surface area (Å²) in [6, 6.07) is 5.91. The maximum absolute atomic E-state index is 12.7. The van der Waals surface area contributed by atoms with Crippen molar-refractivity contribution in [1.82, 2.24) is 20.2 Å². The van der Waals surface area contributed by atoms with Crippen LogP contribution in [0.4, 0.5) is 0 Å². The molecule has 6 nitrogen and oxygen atoms in total. The zero-order valence-corrected chi connectivity index (χ0v) is 16.6. The van der Waals surface area contributed by atoms with Crippen LogP contribution < -0.4 is 5.32 Å². The summed E-state index contributed by atoms with van der Waals surface area (Å²) in [6.45, 7) is 7.70. The van der Waals surface area contributed by atoms with Crippen molar-refractivity contribution in [2.45, 2.75) is 44.9 Å². The molecule has 0 aliphatic carbocycles. The fourth-order valence-electron chi connectivity index (χ4n) is 5.49. The largest absolute Gasteiger partial charge is 0.370 e. The van der Waals surface area contributed by atoms with Crippen LogP contribution in [0.25, 0.3) is 0 Å². The van der Waals surface area contributed by atoms with E-state index in [1.807, 2.05) is 31.3 Å². The third-order valence-electron chi connectivity index (χ3n) is 7.07. The first-order chi connectivity index (χ1) is 13.5. The van der Waals surface area contributed by atoms with Gasteiger partial charge in [-0.3, -0.25) is 9.69 Å². The minimum absolute atomic E-state index is 0.0134. The van der Waals surface area contributed by atoms with Crippen molar-refractivity contribution in [2.75, 3.05) is 19.6 Å². The Morgan fingerprint density at radius 1 is 1.39 bits per heavy atom. The van der Waals surface area contributed by atoms with Crippen LogP contribution in [0.1, 0.15) is 40.0 Å². The number of amides is 1. The van der Waals surface area contributed by atoms with Crippen LogP contribution >= 0.6 is 0 Å². The summed E-state index contributed by atoms with van der Waals surface area (Å²) < 4.78 is 6.50. The third-order valence-corrected chi connectivity index (χ3v) is 7.07. The van der Waals surface area contributed by atoms with Gasteiger partial charge in [0.1, 0.15) is 0 Å². The highest BCUT2D eigenvalue weighted by Crippen LogP contribution is 2.54. The van der Waals surface area contributed by atoms with Crippen molar-refractivity contribution >= 4 is 5.91 Å². The van der Waals surface area contributed by atoms with E-state index < -0.39 is 0 Å². The predicted octanol–water partition coefficient (Wildman–Crippen LogP) is 2.44. The van der Waals surface area contributed by atoms with E-state index >= 15 is 0 Å². The molecule has 0 radical (unpaired) electrons. The Labute approximate surface area is 165 Å². The molecule has 5 rings (SSSR count). The number of hydrogen-bond acceptors (Lipinski definition) is 4. The highest BCUT2D eigenvalue weighted by atomic mass is 16.5. The van der Waals surface area contributed by atoms with E-state index in [0.717, 1.165) is 49.3 Å². The molecule has 2 N–H and O–H groups in total. The topological polar surface area (TPSA) is 70.2 Å². The SMILES string of the molecule is Cc1ccc(C(=O)NC[C@H]2[C@H]3CN(Cc4cnc[nH]4)C[C@]34CC[C@H]2O4)cc1C. The highest BCUT2D eigenvalue weighted by Gasteiger charge is 2.62. The van der Waals surface area contributed by atoms with E-state index in [0.29, 0.717) is 24.5 Å².